The van der Waals surface area contributed by atoms with Crippen LogP contribution in [0.5, 0.6) is 0 Å². The second kappa shape index (κ2) is 6.88. The number of hydrogen-bond acceptors (Lipinski definition) is 7. The van der Waals surface area contributed by atoms with Crippen LogP contribution in [0, 0.1) is 0 Å². The van der Waals surface area contributed by atoms with E-state index >= 15 is 0 Å². The van der Waals surface area contributed by atoms with Crippen molar-refractivity contribution in [3.8, 4) is 0 Å². The molecule has 0 aromatic rings. The minimum absolute atomic E-state index is 0.882. The molecule has 0 radical (unpaired) electrons. The molecule has 15 heavy (non-hydrogen) atoms. The first-order chi connectivity index (χ1) is 6.99. The maximum Gasteiger partial charge on any atom is 0.510 e. The van der Waals surface area contributed by atoms with Crippen molar-refractivity contribution in [3.05, 3.63) is 0 Å². The summed E-state index contributed by atoms with van der Waals surface area (Å²) < 4.78 is 22.6. The fourth-order valence-corrected chi connectivity index (χ4v) is 0.693. The molecule has 0 saturated heterocycles. The van der Waals surface area contributed by atoms with Gasteiger partial charge in [0, 0.05) is 0 Å². The molecule has 0 rings (SSSR count). The molecule has 0 spiro atoms. The molecule has 0 aliphatic heterocycles. The normalized spacial score (nSPS) is 13.6. The summed E-state index contributed by atoms with van der Waals surface area (Å²) in [5.74, 6) is 0. The molecule has 0 amide bonds. The Hall–Kier alpha value is -1.50. The van der Waals surface area contributed by atoms with Crippen LogP contribution in [0.2, 0.25) is 0 Å². The van der Waals surface area contributed by atoms with E-state index in [9.17, 15) is 9.59 Å². The molecule has 7 heteroatoms. The van der Waals surface area contributed by atoms with Crippen molar-refractivity contribution in [2.75, 3.05) is 14.2 Å². The highest BCUT2D eigenvalue weighted by Crippen LogP contribution is 2.03. The Morgan fingerprint density at radius 1 is 0.867 bits per heavy atom. The molecule has 0 saturated carbocycles. The zero-order valence-corrected chi connectivity index (χ0v) is 9.01. The average Bonchev–Trinajstić information content (AvgIpc) is 2.16. The number of hydrogen-bond donors (Lipinski definition) is 0. The van der Waals surface area contributed by atoms with Crippen LogP contribution in [0.25, 0.3) is 0 Å². The number of rotatable bonds is 4. The molecule has 0 aromatic heterocycles. The van der Waals surface area contributed by atoms with Crippen LogP contribution in [-0.2, 0) is 23.7 Å². The van der Waals surface area contributed by atoms with Gasteiger partial charge < -0.3 is 23.7 Å². The quantitative estimate of drug-likeness (QED) is 0.523. The minimum atomic E-state index is -0.892. The molecule has 0 fully saturated rings. The van der Waals surface area contributed by atoms with Gasteiger partial charge in [-0.15, -0.1) is 0 Å². The highest BCUT2D eigenvalue weighted by Gasteiger charge is 2.16. The largest absolute Gasteiger partial charge is 0.510 e. The van der Waals surface area contributed by atoms with Gasteiger partial charge in [-0.1, -0.05) is 0 Å². The van der Waals surface area contributed by atoms with Crippen LogP contribution in [0.1, 0.15) is 13.8 Å². The summed E-state index contributed by atoms with van der Waals surface area (Å²) in [6.45, 7) is 2.90. The molecule has 0 aromatic carbocycles. The first-order valence-electron chi connectivity index (χ1n) is 4.14. The molecular weight excluding hydrogens is 208 g/mol. The molecule has 2 unspecified atom stereocenters. The predicted octanol–water partition coefficient (Wildman–Crippen LogP) is 1.26. The van der Waals surface area contributed by atoms with E-state index < -0.39 is 24.9 Å². The topological polar surface area (TPSA) is 80.3 Å². The van der Waals surface area contributed by atoms with Crippen LogP contribution in [0.4, 0.5) is 9.59 Å². The van der Waals surface area contributed by atoms with Gasteiger partial charge in [0.05, 0.1) is 14.2 Å². The molecule has 0 heterocycles. The van der Waals surface area contributed by atoms with Crippen LogP contribution >= 0.6 is 0 Å². The Balaban J connectivity index is 3.80. The maximum atomic E-state index is 10.6. The monoisotopic (exact) mass is 222 g/mol. The van der Waals surface area contributed by atoms with Gasteiger partial charge in [0.15, 0.2) is 0 Å². The maximum absolute atomic E-state index is 10.6. The van der Waals surface area contributed by atoms with Crippen molar-refractivity contribution in [2.45, 2.75) is 26.4 Å². The third-order valence-electron chi connectivity index (χ3n) is 1.24. The molecule has 2 atom stereocenters. The number of methoxy groups -OCH3 is 2. The Morgan fingerprint density at radius 2 is 1.20 bits per heavy atom. The van der Waals surface area contributed by atoms with E-state index in [4.69, 9.17) is 4.74 Å². The van der Waals surface area contributed by atoms with Crippen LogP contribution in [0.15, 0.2) is 0 Å². The Labute approximate surface area is 87.2 Å². The number of carbonyl (C=O) groups is 2. The summed E-state index contributed by atoms with van der Waals surface area (Å²) in [6, 6.07) is 0. The smallest absolute Gasteiger partial charge is 0.438 e. The van der Waals surface area contributed by atoms with E-state index in [1.165, 1.54) is 28.1 Å². The van der Waals surface area contributed by atoms with Gasteiger partial charge in [-0.2, -0.15) is 0 Å². The summed E-state index contributed by atoms with van der Waals surface area (Å²) in [5.41, 5.74) is 0. The SMILES string of the molecule is COC(=O)OC(C)OC(C)OC(=O)OC. The zero-order valence-electron chi connectivity index (χ0n) is 9.01. The van der Waals surface area contributed by atoms with E-state index in [-0.39, 0.29) is 0 Å². The lowest BCUT2D eigenvalue weighted by molar-refractivity contribution is -0.202. The van der Waals surface area contributed by atoms with E-state index in [2.05, 4.69) is 18.9 Å². The number of ether oxygens (including phenoxy) is 5. The molecule has 0 bridgehead atoms. The summed E-state index contributed by atoms with van der Waals surface area (Å²) in [7, 11) is 2.34. The lowest BCUT2D eigenvalue weighted by Gasteiger charge is -2.17. The van der Waals surface area contributed by atoms with Gasteiger partial charge in [0.2, 0.25) is 12.6 Å². The van der Waals surface area contributed by atoms with Crippen LogP contribution < -0.4 is 0 Å². The van der Waals surface area contributed by atoms with E-state index in [1.54, 1.807) is 0 Å². The first-order valence-corrected chi connectivity index (χ1v) is 4.14. The summed E-state index contributed by atoms with van der Waals surface area (Å²) in [6.07, 6.45) is -3.55. The number of carbonyl (C=O) groups excluding carboxylic acids is 2. The van der Waals surface area contributed by atoms with Crippen molar-refractivity contribution in [1.82, 2.24) is 0 Å². The van der Waals surface area contributed by atoms with Gasteiger partial charge in [-0.05, 0) is 13.8 Å². The second-order valence-electron chi connectivity index (χ2n) is 2.42. The summed E-state index contributed by atoms with van der Waals surface area (Å²) >= 11 is 0. The molecule has 7 nitrogen and oxygen atoms in total. The standard InChI is InChI=1S/C8H14O7/c1-5(14-7(9)11-3)13-6(2)15-8(10)12-4/h5-6H,1-4H3. The van der Waals surface area contributed by atoms with E-state index in [1.807, 2.05) is 0 Å². The van der Waals surface area contributed by atoms with Gasteiger partial charge in [0.1, 0.15) is 0 Å². The van der Waals surface area contributed by atoms with Crippen LogP contribution in [0.3, 0.4) is 0 Å². The third-order valence-corrected chi connectivity index (χ3v) is 1.24. The van der Waals surface area contributed by atoms with Crippen molar-refractivity contribution in [2.24, 2.45) is 0 Å². The molecule has 0 aliphatic carbocycles. The lowest BCUT2D eigenvalue weighted by atomic mass is 10.7. The summed E-state index contributed by atoms with van der Waals surface area (Å²) in [5, 5.41) is 0. The minimum Gasteiger partial charge on any atom is -0.438 e. The Bertz CT molecular complexity index is 193. The Morgan fingerprint density at radius 3 is 1.47 bits per heavy atom. The molecule has 0 N–H and O–H groups in total. The third kappa shape index (κ3) is 6.55. The van der Waals surface area contributed by atoms with Crippen molar-refractivity contribution in [1.29, 1.82) is 0 Å². The fraction of sp³-hybridized carbons (Fsp3) is 0.750. The van der Waals surface area contributed by atoms with E-state index in [0.717, 1.165) is 0 Å². The average molecular weight is 222 g/mol. The van der Waals surface area contributed by atoms with Crippen molar-refractivity contribution >= 4 is 12.3 Å². The molecule has 0 aliphatic rings. The Kier molecular flexibility index (Phi) is 6.19. The van der Waals surface area contributed by atoms with Gasteiger partial charge in [0.25, 0.3) is 0 Å². The summed E-state index contributed by atoms with van der Waals surface area (Å²) in [4.78, 5) is 21.3. The predicted molar refractivity (Wildman–Crippen MR) is 47.0 cm³/mol. The van der Waals surface area contributed by atoms with E-state index in [0.29, 0.717) is 0 Å². The van der Waals surface area contributed by atoms with Gasteiger partial charge in [-0.25, -0.2) is 9.59 Å². The van der Waals surface area contributed by atoms with Gasteiger partial charge in [-0.3, -0.25) is 0 Å². The lowest BCUT2D eigenvalue weighted by Crippen LogP contribution is -2.26. The fourth-order valence-electron chi connectivity index (χ4n) is 0.693. The molecular formula is C8H14O7. The van der Waals surface area contributed by atoms with Crippen molar-refractivity contribution in [3.63, 3.8) is 0 Å². The zero-order chi connectivity index (χ0) is 11.8. The first kappa shape index (κ1) is 13.5. The van der Waals surface area contributed by atoms with Gasteiger partial charge >= 0.3 is 12.3 Å². The van der Waals surface area contributed by atoms with Crippen LogP contribution in [-0.4, -0.2) is 39.1 Å². The molecule has 88 valence electrons. The highest BCUT2D eigenvalue weighted by atomic mass is 16.8. The second-order valence-corrected chi connectivity index (χ2v) is 2.42. The highest BCUT2D eigenvalue weighted by molar-refractivity contribution is 5.60. The van der Waals surface area contributed by atoms with Crippen molar-refractivity contribution < 1.29 is 33.3 Å².